The van der Waals surface area contributed by atoms with E-state index in [-0.39, 0.29) is 0 Å². The van der Waals surface area contributed by atoms with Crippen LogP contribution in [0.4, 0.5) is 0 Å². The molecule has 0 bridgehead atoms. The second kappa shape index (κ2) is 14.9. The number of aromatic nitrogens is 3. The van der Waals surface area contributed by atoms with E-state index in [2.05, 4.69) is 54.6 Å². The van der Waals surface area contributed by atoms with E-state index in [1.807, 2.05) is 146 Å². The van der Waals surface area contributed by atoms with Crippen molar-refractivity contribution in [1.29, 1.82) is 5.26 Å². The lowest BCUT2D eigenvalue weighted by Gasteiger charge is -2.21. The van der Waals surface area contributed by atoms with Gasteiger partial charge in [0.05, 0.1) is 11.6 Å². The van der Waals surface area contributed by atoms with E-state index in [1.54, 1.807) is 6.07 Å². The first-order valence-corrected chi connectivity index (χ1v) is 20.1. The summed E-state index contributed by atoms with van der Waals surface area (Å²) in [6.07, 6.45) is 0. The first kappa shape index (κ1) is 34.5. The highest BCUT2D eigenvalue weighted by atomic mass is 31.2. The zero-order chi connectivity index (χ0) is 37.9. The molecule has 0 saturated heterocycles. The molecule has 0 fully saturated rings. The summed E-state index contributed by atoms with van der Waals surface area (Å²) >= 11 is 0. The SMILES string of the molecule is N#Cc1cc(-c2ccc(-c3ccc(-c4nc(-c5ccccc5)nc(-c5ccccc5)n4)cc3)c3ccccc23)cc(P(=O)(c2ccccc2)c2ccccc2)c1. The van der Waals surface area contributed by atoms with Gasteiger partial charge < -0.3 is 4.57 Å². The Balaban J connectivity index is 1.13. The lowest BCUT2D eigenvalue weighted by molar-refractivity contribution is 0.592. The van der Waals surface area contributed by atoms with Crippen molar-refractivity contribution in [1.82, 2.24) is 15.0 Å². The fourth-order valence-electron chi connectivity index (χ4n) is 7.28. The number of fused-ring (bicyclic) bond motifs is 1. The normalized spacial score (nSPS) is 11.3. The molecule has 1 heterocycles. The largest absolute Gasteiger partial charge is 0.309 e. The van der Waals surface area contributed by atoms with E-state index < -0.39 is 7.14 Å². The molecule has 9 rings (SSSR count). The lowest BCUT2D eigenvalue weighted by Crippen LogP contribution is -2.25. The Labute approximate surface area is 325 Å². The second-order valence-electron chi connectivity index (χ2n) is 13.5. The van der Waals surface area contributed by atoms with E-state index in [1.165, 1.54) is 0 Å². The van der Waals surface area contributed by atoms with Crippen LogP contribution in [0.1, 0.15) is 5.56 Å². The highest BCUT2D eigenvalue weighted by Gasteiger charge is 2.30. The van der Waals surface area contributed by atoms with Crippen LogP contribution in [0.15, 0.2) is 200 Å². The van der Waals surface area contributed by atoms with Crippen LogP contribution >= 0.6 is 7.14 Å². The van der Waals surface area contributed by atoms with Gasteiger partial charge in [0.15, 0.2) is 24.6 Å². The smallest absolute Gasteiger partial charge is 0.171 e. The monoisotopic (exact) mass is 736 g/mol. The molecule has 56 heavy (non-hydrogen) atoms. The zero-order valence-corrected chi connectivity index (χ0v) is 31.1. The molecule has 0 radical (unpaired) electrons. The summed E-state index contributed by atoms with van der Waals surface area (Å²) in [4.78, 5) is 14.7. The molecular weight excluding hydrogens is 704 g/mol. The average Bonchev–Trinajstić information content (AvgIpc) is 3.29. The van der Waals surface area contributed by atoms with E-state index in [9.17, 15) is 5.26 Å². The van der Waals surface area contributed by atoms with Crippen molar-refractivity contribution >= 4 is 33.8 Å². The Morgan fingerprint density at radius 2 is 0.768 bits per heavy atom. The minimum Gasteiger partial charge on any atom is -0.309 e. The molecule has 8 aromatic carbocycles. The summed E-state index contributed by atoms with van der Waals surface area (Å²) < 4.78 is 15.4. The van der Waals surface area contributed by atoms with Gasteiger partial charge in [-0.1, -0.05) is 182 Å². The predicted molar refractivity (Wildman–Crippen MR) is 229 cm³/mol. The molecule has 0 amide bonds. The van der Waals surface area contributed by atoms with Crippen LogP contribution in [-0.4, -0.2) is 15.0 Å². The summed E-state index contributed by atoms with van der Waals surface area (Å²) in [6, 6.07) is 67.9. The molecule has 0 atom stereocenters. The third-order valence-corrected chi connectivity index (χ3v) is 13.1. The fourth-order valence-corrected chi connectivity index (χ4v) is 10.00. The van der Waals surface area contributed by atoms with Gasteiger partial charge in [-0.2, -0.15) is 5.26 Å². The second-order valence-corrected chi connectivity index (χ2v) is 16.3. The van der Waals surface area contributed by atoms with Crippen molar-refractivity contribution in [2.24, 2.45) is 0 Å². The van der Waals surface area contributed by atoms with Crippen LogP contribution in [0.3, 0.4) is 0 Å². The summed E-state index contributed by atoms with van der Waals surface area (Å²) in [7, 11) is -3.32. The van der Waals surface area contributed by atoms with Crippen LogP contribution < -0.4 is 15.9 Å². The highest BCUT2D eigenvalue weighted by molar-refractivity contribution is 7.85. The molecule has 0 N–H and O–H groups in total. The Morgan fingerprint density at radius 1 is 0.375 bits per heavy atom. The minimum atomic E-state index is -3.32. The quantitative estimate of drug-likeness (QED) is 0.145. The van der Waals surface area contributed by atoms with Crippen molar-refractivity contribution in [3.63, 3.8) is 0 Å². The highest BCUT2D eigenvalue weighted by Crippen LogP contribution is 2.44. The number of nitriles is 1. The van der Waals surface area contributed by atoms with Crippen molar-refractivity contribution in [3.8, 4) is 62.5 Å². The van der Waals surface area contributed by atoms with Gasteiger partial charge in [-0.3, -0.25) is 0 Å². The maximum atomic E-state index is 15.4. The Morgan fingerprint density at radius 3 is 1.23 bits per heavy atom. The maximum absolute atomic E-state index is 15.4. The third kappa shape index (κ3) is 6.49. The molecule has 0 unspecified atom stereocenters. The first-order chi connectivity index (χ1) is 27.6. The molecule has 0 aliphatic rings. The maximum Gasteiger partial charge on any atom is 0.171 e. The van der Waals surface area contributed by atoms with Gasteiger partial charge in [0.2, 0.25) is 0 Å². The van der Waals surface area contributed by atoms with Crippen molar-refractivity contribution in [3.05, 3.63) is 206 Å². The average molecular weight is 737 g/mol. The van der Waals surface area contributed by atoms with Gasteiger partial charge in [0.1, 0.15) is 0 Å². The Kier molecular flexibility index (Phi) is 9.17. The summed E-state index contributed by atoms with van der Waals surface area (Å²) in [6.45, 7) is 0. The fraction of sp³-hybridized carbons (Fsp3) is 0. The number of hydrogen-bond acceptors (Lipinski definition) is 5. The molecular formula is C50H33N4OP. The van der Waals surface area contributed by atoms with E-state index in [0.29, 0.717) is 28.3 Å². The summed E-state index contributed by atoms with van der Waals surface area (Å²) in [5.74, 6) is 1.83. The third-order valence-electron chi connectivity index (χ3n) is 10.0. The zero-order valence-electron chi connectivity index (χ0n) is 30.2. The molecule has 0 aliphatic carbocycles. The van der Waals surface area contributed by atoms with Gasteiger partial charge in [-0.15, -0.1) is 0 Å². The summed E-state index contributed by atoms with van der Waals surface area (Å²) in [5.41, 5.74) is 7.09. The van der Waals surface area contributed by atoms with Crippen molar-refractivity contribution in [2.45, 2.75) is 0 Å². The van der Waals surface area contributed by atoms with E-state index >= 15 is 4.57 Å². The number of nitrogens with zero attached hydrogens (tertiary/aromatic N) is 4. The van der Waals surface area contributed by atoms with Gasteiger partial charge in [-0.05, 0) is 51.2 Å². The Bertz CT molecular complexity index is 2830. The molecule has 6 heteroatoms. The van der Waals surface area contributed by atoms with Crippen molar-refractivity contribution < 1.29 is 4.57 Å². The molecule has 0 spiro atoms. The number of benzene rings is 8. The van der Waals surface area contributed by atoms with Crippen LogP contribution in [0.5, 0.6) is 0 Å². The lowest BCUT2D eigenvalue weighted by atomic mass is 9.91. The first-order valence-electron chi connectivity index (χ1n) is 18.4. The van der Waals surface area contributed by atoms with Crippen LogP contribution in [0.25, 0.3) is 67.2 Å². The molecule has 0 saturated carbocycles. The standard InChI is InChI=1S/C50H33N4OP/c51-34-35-31-40(33-43(32-35)56(55,41-19-9-3-10-20-41)42-21-11-4-12-22-42)45-30-29-44(46-23-13-14-24-47(45)46)36-25-27-39(28-26-36)50-53-48(37-15-5-1-6-16-37)52-49(54-50)38-17-7-2-8-18-38/h1-33H. The summed E-state index contributed by atoms with van der Waals surface area (Å²) in [5, 5.41) is 14.4. The van der Waals surface area contributed by atoms with Gasteiger partial charge in [-0.25, -0.2) is 15.0 Å². The minimum absolute atomic E-state index is 0.456. The van der Waals surface area contributed by atoms with E-state index in [0.717, 1.165) is 60.3 Å². The topological polar surface area (TPSA) is 79.5 Å². The molecule has 264 valence electrons. The van der Waals surface area contributed by atoms with Crippen molar-refractivity contribution in [2.75, 3.05) is 0 Å². The molecule has 5 nitrogen and oxygen atoms in total. The Hall–Kier alpha value is -7.25. The number of hydrogen-bond donors (Lipinski definition) is 0. The predicted octanol–water partition coefficient (Wildman–Crippen LogP) is 10.9. The van der Waals surface area contributed by atoms with E-state index in [4.69, 9.17) is 15.0 Å². The van der Waals surface area contributed by atoms with Crippen LogP contribution in [-0.2, 0) is 4.57 Å². The van der Waals surface area contributed by atoms with Gasteiger partial charge >= 0.3 is 0 Å². The molecule has 9 aromatic rings. The molecule has 1 aromatic heterocycles. The number of rotatable bonds is 8. The van der Waals surface area contributed by atoms with Gasteiger partial charge in [0.25, 0.3) is 0 Å². The van der Waals surface area contributed by atoms with Crippen LogP contribution in [0, 0.1) is 11.3 Å². The van der Waals surface area contributed by atoms with Gasteiger partial charge in [0, 0.05) is 32.6 Å². The van der Waals surface area contributed by atoms with Crippen LogP contribution in [0.2, 0.25) is 0 Å². The molecule has 0 aliphatic heterocycles.